The van der Waals surface area contributed by atoms with Crippen LogP contribution in [0, 0.1) is 23.7 Å². The van der Waals surface area contributed by atoms with Crippen molar-refractivity contribution in [3.63, 3.8) is 0 Å². The van der Waals surface area contributed by atoms with E-state index in [1.54, 1.807) is 36.4 Å². The van der Waals surface area contributed by atoms with Gasteiger partial charge in [-0.1, -0.05) is 45.1 Å². The number of carbonyl (C=O) groups excluding carboxylic acids is 3. The summed E-state index contributed by atoms with van der Waals surface area (Å²) < 4.78 is 5.48. The van der Waals surface area contributed by atoms with Gasteiger partial charge in [0, 0.05) is 0 Å². The summed E-state index contributed by atoms with van der Waals surface area (Å²) in [7, 11) is 0. The molecule has 2 bridgehead atoms. The first kappa shape index (κ1) is 19.7. The molecule has 4 atom stereocenters. The van der Waals surface area contributed by atoms with E-state index < -0.39 is 5.97 Å². The zero-order chi connectivity index (χ0) is 21.9. The Kier molecular flexibility index (Phi) is 4.40. The number of benzene rings is 2. The van der Waals surface area contributed by atoms with Gasteiger partial charge in [-0.25, -0.2) is 4.79 Å². The first-order chi connectivity index (χ1) is 14.7. The molecular weight excluding hydrogens is 390 g/mol. The van der Waals surface area contributed by atoms with Crippen LogP contribution in [0.1, 0.15) is 43.1 Å². The lowest BCUT2D eigenvalue weighted by molar-refractivity contribution is -0.123. The average Bonchev–Trinajstić information content (AvgIpc) is 3.42. The Bertz CT molecular complexity index is 1060. The molecule has 0 N–H and O–H groups in total. The average molecular weight is 415 g/mol. The summed E-state index contributed by atoms with van der Waals surface area (Å²) in [5, 5.41) is 0. The second-order valence-corrected chi connectivity index (χ2v) is 9.72. The van der Waals surface area contributed by atoms with E-state index in [0.29, 0.717) is 17.0 Å². The minimum absolute atomic E-state index is 0.0247. The molecule has 2 fully saturated rings. The van der Waals surface area contributed by atoms with Gasteiger partial charge in [0.1, 0.15) is 5.75 Å². The van der Waals surface area contributed by atoms with Gasteiger partial charge in [-0.05, 0) is 65.6 Å². The van der Waals surface area contributed by atoms with Crippen LogP contribution in [0.2, 0.25) is 0 Å². The van der Waals surface area contributed by atoms with Crippen LogP contribution in [0.4, 0.5) is 5.69 Å². The third-order valence-electron chi connectivity index (χ3n) is 6.76. The minimum atomic E-state index is -0.478. The van der Waals surface area contributed by atoms with Gasteiger partial charge < -0.3 is 4.74 Å². The molecule has 1 saturated heterocycles. The van der Waals surface area contributed by atoms with Gasteiger partial charge in [0.05, 0.1) is 23.1 Å². The monoisotopic (exact) mass is 415 g/mol. The van der Waals surface area contributed by atoms with E-state index >= 15 is 0 Å². The van der Waals surface area contributed by atoms with Crippen molar-refractivity contribution in [2.75, 3.05) is 4.90 Å². The molecule has 0 radical (unpaired) electrons. The Labute approximate surface area is 181 Å². The Balaban J connectivity index is 1.30. The molecule has 0 spiro atoms. The number of esters is 1. The van der Waals surface area contributed by atoms with Crippen molar-refractivity contribution in [1.29, 1.82) is 0 Å². The van der Waals surface area contributed by atoms with E-state index in [0.717, 1.165) is 12.0 Å². The van der Waals surface area contributed by atoms with E-state index in [4.69, 9.17) is 4.74 Å². The molecule has 31 heavy (non-hydrogen) atoms. The number of hydrogen-bond donors (Lipinski definition) is 0. The maximum absolute atomic E-state index is 12.9. The molecule has 2 aromatic rings. The molecule has 0 aromatic heterocycles. The van der Waals surface area contributed by atoms with E-state index in [9.17, 15) is 14.4 Å². The Morgan fingerprint density at radius 1 is 0.871 bits per heavy atom. The zero-order valence-corrected chi connectivity index (χ0v) is 17.9. The third-order valence-corrected chi connectivity index (χ3v) is 6.76. The fourth-order valence-electron chi connectivity index (χ4n) is 5.09. The summed E-state index contributed by atoms with van der Waals surface area (Å²) in [6, 6.07) is 14.0. The topological polar surface area (TPSA) is 63.7 Å². The van der Waals surface area contributed by atoms with Gasteiger partial charge >= 0.3 is 5.97 Å². The fraction of sp³-hybridized carbons (Fsp3) is 0.346. The molecule has 0 unspecified atom stereocenters. The minimum Gasteiger partial charge on any atom is -0.423 e. The molecule has 5 heteroatoms. The first-order valence-electron chi connectivity index (χ1n) is 10.7. The molecular formula is C26H25NO4. The highest BCUT2D eigenvalue weighted by molar-refractivity contribution is 6.22. The van der Waals surface area contributed by atoms with Crippen molar-refractivity contribution < 1.29 is 19.1 Å². The van der Waals surface area contributed by atoms with Crippen molar-refractivity contribution in [1.82, 2.24) is 0 Å². The molecule has 1 saturated carbocycles. The van der Waals surface area contributed by atoms with Crippen molar-refractivity contribution in [3.8, 4) is 5.75 Å². The van der Waals surface area contributed by atoms with Gasteiger partial charge in [-0.15, -0.1) is 0 Å². The summed E-state index contributed by atoms with van der Waals surface area (Å²) in [5.74, 6) is -0.365. The summed E-state index contributed by atoms with van der Waals surface area (Å²) >= 11 is 0. The van der Waals surface area contributed by atoms with Crippen LogP contribution in [0.5, 0.6) is 5.75 Å². The van der Waals surface area contributed by atoms with Crippen LogP contribution >= 0.6 is 0 Å². The second kappa shape index (κ2) is 6.91. The highest BCUT2D eigenvalue weighted by atomic mass is 16.5. The maximum atomic E-state index is 12.9. The Hall–Kier alpha value is -3.21. The van der Waals surface area contributed by atoms with Crippen molar-refractivity contribution >= 4 is 23.5 Å². The lowest BCUT2D eigenvalue weighted by Gasteiger charge is -2.19. The van der Waals surface area contributed by atoms with Gasteiger partial charge in [-0.3, -0.25) is 14.5 Å². The predicted molar refractivity (Wildman–Crippen MR) is 117 cm³/mol. The predicted octanol–water partition coefficient (Wildman–Crippen LogP) is 4.51. The normalized spacial score (nSPS) is 26.5. The number of fused-ring (bicyclic) bond motifs is 5. The largest absolute Gasteiger partial charge is 0.423 e. The van der Waals surface area contributed by atoms with E-state index in [2.05, 4.69) is 32.9 Å². The molecule has 5 rings (SSSR count). The number of amides is 2. The number of hydrogen-bond acceptors (Lipinski definition) is 4. The van der Waals surface area contributed by atoms with Gasteiger partial charge in [0.2, 0.25) is 11.8 Å². The van der Waals surface area contributed by atoms with Crippen LogP contribution < -0.4 is 9.64 Å². The number of anilines is 1. The molecule has 2 amide bonds. The lowest BCUT2D eigenvalue weighted by atomic mass is 9.85. The fourth-order valence-corrected chi connectivity index (χ4v) is 5.09. The SMILES string of the molecule is CC(C)(C)c1ccc(OC(=O)c2ccc(N3C(=O)[C@H]4[C@H](C3=O)[C@H]3C=C[C@H]4C3)cc2)cc1. The van der Waals surface area contributed by atoms with Crippen LogP contribution in [0.15, 0.2) is 60.7 Å². The van der Waals surface area contributed by atoms with Crippen molar-refractivity contribution in [2.24, 2.45) is 23.7 Å². The number of carbonyl (C=O) groups is 3. The molecule has 3 aliphatic rings. The van der Waals surface area contributed by atoms with Crippen LogP contribution in [0.3, 0.4) is 0 Å². The number of nitrogens with zero attached hydrogens (tertiary/aromatic N) is 1. The summed E-state index contributed by atoms with van der Waals surface area (Å²) in [6.45, 7) is 6.37. The smallest absolute Gasteiger partial charge is 0.343 e. The second-order valence-electron chi connectivity index (χ2n) is 9.72. The quantitative estimate of drug-likeness (QED) is 0.320. The van der Waals surface area contributed by atoms with Crippen molar-refractivity contribution in [2.45, 2.75) is 32.6 Å². The number of rotatable bonds is 3. The van der Waals surface area contributed by atoms with Crippen LogP contribution in [0.25, 0.3) is 0 Å². The van der Waals surface area contributed by atoms with Crippen LogP contribution in [-0.4, -0.2) is 17.8 Å². The molecule has 2 aromatic carbocycles. The first-order valence-corrected chi connectivity index (χ1v) is 10.7. The summed E-state index contributed by atoms with van der Waals surface area (Å²) in [5.41, 5.74) is 2.06. The van der Waals surface area contributed by atoms with E-state index in [-0.39, 0.29) is 40.9 Å². The molecule has 1 aliphatic heterocycles. The van der Waals surface area contributed by atoms with Gasteiger partial charge in [0.15, 0.2) is 0 Å². The van der Waals surface area contributed by atoms with E-state index in [1.807, 2.05) is 12.1 Å². The lowest BCUT2D eigenvalue weighted by Crippen LogP contribution is -2.32. The maximum Gasteiger partial charge on any atom is 0.343 e. The standard InChI is InChI=1S/C26H25NO4/c1-26(2,3)18-8-12-20(13-9-18)31-25(30)15-6-10-19(11-7-15)27-23(28)21-16-4-5-17(14-16)22(21)24(27)29/h4-13,16-17,21-22H,14H2,1-3H3/t16-,17-,21+,22+/m0/s1. The molecule has 158 valence electrons. The number of allylic oxidation sites excluding steroid dienone is 2. The van der Waals surface area contributed by atoms with E-state index in [1.165, 1.54) is 4.90 Å². The van der Waals surface area contributed by atoms with Crippen molar-refractivity contribution in [3.05, 3.63) is 71.8 Å². The molecule has 2 aliphatic carbocycles. The molecule has 1 heterocycles. The van der Waals surface area contributed by atoms with Gasteiger partial charge in [-0.2, -0.15) is 0 Å². The zero-order valence-electron chi connectivity index (χ0n) is 17.9. The third kappa shape index (κ3) is 3.19. The Morgan fingerprint density at radius 2 is 1.42 bits per heavy atom. The number of ether oxygens (including phenoxy) is 1. The van der Waals surface area contributed by atoms with Gasteiger partial charge in [0.25, 0.3) is 0 Å². The Morgan fingerprint density at radius 3 is 1.94 bits per heavy atom. The highest BCUT2D eigenvalue weighted by Crippen LogP contribution is 2.53. The van der Waals surface area contributed by atoms with Crippen LogP contribution in [-0.2, 0) is 15.0 Å². The number of imide groups is 1. The molecule has 5 nitrogen and oxygen atoms in total. The summed E-state index contributed by atoms with van der Waals surface area (Å²) in [4.78, 5) is 39.7. The highest BCUT2D eigenvalue weighted by Gasteiger charge is 2.59. The summed E-state index contributed by atoms with van der Waals surface area (Å²) in [6.07, 6.45) is 5.06.